The number of nitrogens with zero attached hydrogens (tertiary/aromatic N) is 1. The maximum atomic E-state index is 5.66. The van der Waals surface area contributed by atoms with Gasteiger partial charge in [0.25, 0.3) is 0 Å². The molecular weight excluding hydrogens is 313 g/mol. The van der Waals surface area contributed by atoms with Crippen LogP contribution in [0.15, 0.2) is 47.6 Å². The molecule has 0 aromatic heterocycles. The second-order valence-electron chi connectivity index (χ2n) is 5.14. The maximum absolute atomic E-state index is 5.66. The minimum absolute atomic E-state index is 0.110. The zero-order valence-electron chi connectivity index (χ0n) is 11.9. The van der Waals surface area contributed by atoms with Gasteiger partial charge in [0.05, 0.1) is 0 Å². The molecular formula is C17H17NOSe. The predicted molar refractivity (Wildman–Crippen MR) is 83.2 cm³/mol. The van der Waals surface area contributed by atoms with Gasteiger partial charge < -0.3 is 0 Å². The molecule has 1 atom stereocenters. The summed E-state index contributed by atoms with van der Waals surface area (Å²) in [5.74, 6) is 0. The second kappa shape index (κ2) is 5.43. The first-order valence-electron chi connectivity index (χ1n) is 6.69. The Morgan fingerprint density at radius 3 is 2.30 bits per heavy atom. The first kappa shape index (κ1) is 13.4. The summed E-state index contributed by atoms with van der Waals surface area (Å²) in [6.45, 7) is 6.45. The van der Waals surface area contributed by atoms with E-state index >= 15 is 0 Å². The van der Waals surface area contributed by atoms with Crippen LogP contribution in [0.2, 0.25) is 0 Å². The van der Waals surface area contributed by atoms with Crippen LogP contribution in [-0.2, 0) is 4.84 Å². The van der Waals surface area contributed by atoms with Crippen LogP contribution in [0.3, 0.4) is 0 Å². The molecule has 3 heteroatoms. The van der Waals surface area contributed by atoms with E-state index in [9.17, 15) is 0 Å². The first-order chi connectivity index (χ1) is 9.65. The van der Waals surface area contributed by atoms with Gasteiger partial charge in [0.1, 0.15) is 0 Å². The molecule has 0 saturated carbocycles. The van der Waals surface area contributed by atoms with Crippen molar-refractivity contribution in [1.82, 2.24) is 0 Å². The van der Waals surface area contributed by atoms with Crippen molar-refractivity contribution in [3.63, 3.8) is 0 Å². The van der Waals surface area contributed by atoms with Crippen LogP contribution < -0.4 is 0 Å². The summed E-state index contributed by atoms with van der Waals surface area (Å²) >= 11 is 0.214. The SMILES string of the molecule is Cc1cc(C)c(C2=NOC(c3ccccc3)[Se]2)c(C)c1. The molecule has 2 aromatic rings. The van der Waals surface area contributed by atoms with Crippen molar-refractivity contribution in [2.45, 2.75) is 25.8 Å². The Hall–Kier alpha value is -1.57. The Morgan fingerprint density at radius 1 is 1.00 bits per heavy atom. The summed E-state index contributed by atoms with van der Waals surface area (Å²) in [6.07, 6.45) is 0. The summed E-state index contributed by atoms with van der Waals surface area (Å²) in [4.78, 5) is 5.66. The summed E-state index contributed by atoms with van der Waals surface area (Å²) in [5, 5.41) is 4.47. The molecule has 0 N–H and O–H groups in total. The second-order valence-corrected chi connectivity index (χ2v) is 7.34. The van der Waals surface area contributed by atoms with Crippen LogP contribution >= 0.6 is 0 Å². The van der Waals surface area contributed by atoms with Crippen LogP contribution in [0.25, 0.3) is 0 Å². The molecule has 0 amide bonds. The number of benzene rings is 2. The van der Waals surface area contributed by atoms with Crippen molar-refractivity contribution in [1.29, 1.82) is 0 Å². The van der Waals surface area contributed by atoms with Crippen molar-refractivity contribution < 1.29 is 4.84 Å². The first-order valence-corrected chi connectivity index (χ1v) is 8.53. The topological polar surface area (TPSA) is 21.6 Å². The van der Waals surface area contributed by atoms with E-state index < -0.39 is 0 Å². The summed E-state index contributed by atoms with van der Waals surface area (Å²) in [5.41, 5.74) is 6.37. The third-order valence-electron chi connectivity index (χ3n) is 3.41. The van der Waals surface area contributed by atoms with Crippen molar-refractivity contribution in [3.05, 3.63) is 70.3 Å². The van der Waals surface area contributed by atoms with E-state index in [1.165, 1.54) is 27.8 Å². The fourth-order valence-electron chi connectivity index (χ4n) is 2.60. The third-order valence-corrected chi connectivity index (χ3v) is 5.67. The van der Waals surface area contributed by atoms with Crippen LogP contribution in [0.1, 0.15) is 32.8 Å². The van der Waals surface area contributed by atoms with Gasteiger partial charge in [-0.2, -0.15) is 0 Å². The van der Waals surface area contributed by atoms with E-state index in [0.29, 0.717) is 0 Å². The van der Waals surface area contributed by atoms with Gasteiger partial charge in [-0.05, 0) is 0 Å². The molecule has 0 aliphatic carbocycles. The van der Waals surface area contributed by atoms with Crippen molar-refractivity contribution in [2.75, 3.05) is 0 Å². The summed E-state index contributed by atoms with van der Waals surface area (Å²) in [6, 6.07) is 14.8. The molecule has 1 unspecified atom stereocenters. The van der Waals surface area contributed by atoms with Crippen molar-refractivity contribution in [3.8, 4) is 0 Å². The standard InChI is InChI=1S/C17H17NOSe/c1-11-9-12(2)15(13(3)10-11)16-18-19-17(20-16)14-7-5-4-6-8-14/h4-10,17H,1-3H3. The Balaban J connectivity index is 1.88. The summed E-state index contributed by atoms with van der Waals surface area (Å²) < 4.78 is 1.13. The molecule has 2 aromatic carbocycles. The van der Waals surface area contributed by atoms with E-state index in [4.69, 9.17) is 4.84 Å². The molecule has 0 fully saturated rings. The van der Waals surface area contributed by atoms with E-state index in [0.717, 1.165) is 4.61 Å². The molecule has 2 nitrogen and oxygen atoms in total. The summed E-state index contributed by atoms with van der Waals surface area (Å²) in [7, 11) is 0. The average Bonchev–Trinajstić information content (AvgIpc) is 2.88. The monoisotopic (exact) mass is 331 g/mol. The molecule has 0 saturated heterocycles. The molecule has 0 spiro atoms. The fraction of sp³-hybridized carbons (Fsp3) is 0.235. The van der Waals surface area contributed by atoms with Gasteiger partial charge in [-0.3, -0.25) is 0 Å². The Labute approximate surface area is 126 Å². The average molecular weight is 330 g/mol. The van der Waals surface area contributed by atoms with Gasteiger partial charge in [-0.15, -0.1) is 0 Å². The Bertz CT molecular complexity index is 641. The minimum atomic E-state index is 0.110. The third kappa shape index (κ3) is 2.52. The number of hydrogen-bond donors (Lipinski definition) is 0. The number of aryl methyl sites for hydroxylation is 3. The van der Waals surface area contributed by atoms with Gasteiger partial charge >= 0.3 is 126 Å². The van der Waals surface area contributed by atoms with Crippen molar-refractivity contribution >= 4 is 19.6 Å². The van der Waals surface area contributed by atoms with Crippen molar-refractivity contribution in [2.24, 2.45) is 5.16 Å². The van der Waals surface area contributed by atoms with Gasteiger partial charge in [-0.25, -0.2) is 0 Å². The molecule has 0 bridgehead atoms. The van der Waals surface area contributed by atoms with E-state index in [2.05, 4.69) is 62.3 Å². The van der Waals surface area contributed by atoms with Crippen LogP contribution in [0.5, 0.6) is 0 Å². The number of hydrogen-bond acceptors (Lipinski definition) is 2. The van der Waals surface area contributed by atoms with Gasteiger partial charge in [-0.1, -0.05) is 0 Å². The zero-order valence-corrected chi connectivity index (χ0v) is 13.6. The van der Waals surface area contributed by atoms with E-state index in [1.54, 1.807) is 0 Å². The zero-order chi connectivity index (χ0) is 14.1. The number of rotatable bonds is 2. The molecule has 0 radical (unpaired) electrons. The van der Waals surface area contributed by atoms with Gasteiger partial charge in [0.15, 0.2) is 0 Å². The van der Waals surface area contributed by atoms with E-state index in [-0.39, 0.29) is 20.0 Å². The Morgan fingerprint density at radius 2 is 1.65 bits per heavy atom. The molecule has 1 aliphatic rings. The van der Waals surface area contributed by atoms with E-state index in [1.807, 2.05) is 6.07 Å². The Kier molecular flexibility index (Phi) is 3.64. The van der Waals surface area contributed by atoms with Gasteiger partial charge in [0, 0.05) is 0 Å². The van der Waals surface area contributed by atoms with Crippen LogP contribution in [0, 0.1) is 20.8 Å². The molecule has 20 heavy (non-hydrogen) atoms. The predicted octanol–water partition coefficient (Wildman–Crippen LogP) is 3.71. The van der Waals surface area contributed by atoms with Crippen LogP contribution in [-0.4, -0.2) is 19.6 Å². The fourth-order valence-corrected chi connectivity index (χ4v) is 4.93. The quantitative estimate of drug-likeness (QED) is 0.770. The normalized spacial score (nSPS) is 17.8. The molecule has 3 rings (SSSR count). The van der Waals surface area contributed by atoms with Gasteiger partial charge in [0.2, 0.25) is 0 Å². The molecule has 1 aliphatic heterocycles. The van der Waals surface area contributed by atoms with Crippen LogP contribution in [0.4, 0.5) is 0 Å². The molecule has 102 valence electrons. The number of oxime groups is 1. The molecule has 1 heterocycles.